The molecule has 2 heterocycles. The van der Waals surface area contributed by atoms with Gasteiger partial charge in [0.05, 0.1) is 0 Å². The highest BCUT2D eigenvalue weighted by Gasteiger charge is 2.24. The van der Waals surface area contributed by atoms with Gasteiger partial charge in [-0.3, -0.25) is 9.80 Å². The Bertz CT molecular complexity index is 375. The second kappa shape index (κ2) is 5.45. The SMILES string of the molecule is Cn1cccc1CN1CCCN(C(C)(C)C)CC1. The summed E-state index contributed by atoms with van der Waals surface area (Å²) in [7, 11) is 2.13. The Morgan fingerprint density at radius 3 is 2.50 bits per heavy atom. The van der Waals surface area contributed by atoms with Crippen molar-refractivity contribution in [3.05, 3.63) is 24.0 Å². The van der Waals surface area contributed by atoms with Gasteiger partial charge in [-0.05, 0) is 52.4 Å². The molecule has 0 radical (unpaired) electrons. The maximum absolute atomic E-state index is 2.61. The normalized spacial score (nSPS) is 20.0. The first kappa shape index (κ1) is 13.6. The van der Waals surface area contributed by atoms with Gasteiger partial charge in [-0.1, -0.05) is 0 Å². The molecule has 1 aliphatic heterocycles. The van der Waals surface area contributed by atoms with Crippen molar-refractivity contribution in [2.45, 2.75) is 39.3 Å². The van der Waals surface area contributed by atoms with Gasteiger partial charge in [-0.25, -0.2) is 0 Å². The predicted octanol–water partition coefficient (Wildman–Crippen LogP) is 2.33. The van der Waals surface area contributed by atoms with Crippen LogP contribution in [0, 0.1) is 0 Å². The third kappa shape index (κ3) is 3.36. The molecule has 0 aromatic carbocycles. The second-order valence-electron chi connectivity index (χ2n) is 6.40. The van der Waals surface area contributed by atoms with Gasteiger partial charge < -0.3 is 4.57 Å². The van der Waals surface area contributed by atoms with E-state index in [1.54, 1.807) is 0 Å². The highest BCUT2D eigenvalue weighted by atomic mass is 15.2. The van der Waals surface area contributed by atoms with Crippen LogP contribution in [0.4, 0.5) is 0 Å². The first-order valence-corrected chi connectivity index (χ1v) is 7.04. The van der Waals surface area contributed by atoms with Gasteiger partial charge in [0.15, 0.2) is 0 Å². The van der Waals surface area contributed by atoms with Crippen molar-refractivity contribution in [3.8, 4) is 0 Å². The molecule has 1 fully saturated rings. The van der Waals surface area contributed by atoms with E-state index in [4.69, 9.17) is 0 Å². The summed E-state index contributed by atoms with van der Waals surface area (Å²) in [6.45, 7) is 12.9. The van der Waals surface area contributed by atoms with Crippen LogP contribution in [0.2, 0.25) is 0 Å². The summed E-state index contributed by atoms with van der Waals surface area (Å²) in [5, 5.41) is 0. The van der Waals surface area contributed by atoms with Crippen molar-refractivity contribution in [1.29, 1.82) is 0 Å². The first-order chi connectivity index (χ1) is 8.47. The zero-order valence-electron chi connectivity index (χ0n) is 12.3. The average Bonchev–Trinajstić information content (AvgIpc) is 2.54. The molecule has 1 saturated heterocycles. The van der Waals surface area contributed by atoms with Crippen molar-refractivity contribution >= 4 is 0 Å². The Labute approximate surface area is 111 Å². The number of aryl methyl sites for hydroxylation is 1. The lowest BCUT2D eigenvalue weighted by molar-refractivity contribution is 0.140. The van der Waals surface area contributed by atoms with E-state index in [1.807, 2.05) is 0 Å². The lowest BCUT2D eigenvalue weighted by atomic mass is 10.1. The van der Waals surface area contributed by atoms with Gasteiger partial charge in [0.25, 0.3) is 0 Å². The lowest BCUT2D eigenvalue weighted by Crippen LogP contribution is -2.43. The molecule has 2 rings (SSSR count). The van der Waals surface area contributed by atoms with E-state index >= 15 is 0 Å². The smallest absolute Gasteiger partial charge is 0.0387 e. The van der Waals surface area contributed by atoms with Crippen LogP contribution in [-0.2, 0) is 13.6 Å². The van der Waals surface area contributed by atoms with E-state index in [-0.39, 0.29) is 0 Å². The summed E-state index contributed by atoms with van der Waals surface area (Å²) in [6, 6.07) is 4.36. The Kier molecular flexibility index (Phi) is 4.13. The summed E-state index contributed by atoms with van der Waals surface area (Å²) in [4.78, 5) is 5.19. The number of rotatable bonds is 2. The fourth-order valence-electron chi connectivity index (χ4n) is 2.69. The number of nitrogens with zero attached hydrogens (tertiary/aromatic N) is 3. The second-order valence-corrected chi connectivity index (χ2v) is 6.40. The van der Waals surface area contributed by atoms with Crippen LogP contribution >= 0.6 is 0 Å². The van der Waals surface area contributed by atoms with Gasteiger partial charge in [0.2, 0.25) is 0 Å². The fraction of sp³-hybridized carbons (Fsp3) is 0.733. The molecule has 3 nitrogen and oxygen atoms in total. The van der Waals surface area contributed by atoms with Crippen LogP contribution < -0.4 is 0 Å². The predicted molar refractivity (Wildman–Crippen MR) is 76.6 cm³/mol. The van der Waals surface area contributed by atoms with Gasteiger partial charge >= 0.3 is 0 Å². The van der Waals surface area contributed by atoms with Crippen LogP contribution in [0.15, 0.2) is 18.3 Å². The molecule has 1 aliphatic rings. The molecular formula is C15H27N3. The third-order valence-corrected chi connectivity index (χ3v) is 3.97. The maximum Gasteiger partial charge on any atom is 0.0387 e. The van der Waals surface area contributed by atoms with Crippen molar-refractivity contribution in [1.82, 2.24) is 14.4 Å². The zero-order valence-corrected chi connectivity index (χ0v) is 12.3. The van der Waals surface area contributed by atoms with E-state index in [0.29, 0.717) is 5.54 Å². The van der Waals surface area contributed by atoms with E-state index in [9.17, 15) is 0 Å². The topological polar surface area (TPSA) is 11.4 Å². The molecule has 0 aliphatic carbocycles. The van der Waals surface area contributed by atoms with Crippen LogP contribution in [-0.4, -0.2) is 46.1 Å². The highest BCUT2D eigenvalue weighted by Crippen LogP contribution is 2.17. The first-order valence-electron chi connectivity index (χ1n) is 7.04. The molecule has 0 unspecified atom stereocenters. The third-order valence-electron chi connectivity index (χ3n) is 3.97. The number of aromatic nitrogens is 1. The Morgan fingerprint density at radius 1 is 1.11 bits per heavy atom. The van der Waals surface area contributed by atoms with E-state index in [2.05, 4.69) is 60.5 Å². The van der Waals surface area contributed by atoms with Crippen molar-refractivity contribution < 1.29 is 0 Å². The molecule has 3 heteroatoms. The molecule has 1 aromatic heterocycles. The Morgan fingerprint density at radius 2 is 1.89 bits per heavy atom. The van der Waals surface area contributed by atoms with Crippen molar-refractivity contribution in [3.63, 3.8) is 0 Å². The van der Waals surface area contributed by atoms with Gasteiger partial charge in [0.1, 0.15) is 0 Å². The van der Waals surface area contributed by atoms with Gasteiger partial charge in [-0.2, -0.15) is 0 Å². The molecule has 1 aromatic rings. The fourth-order valence-corrected chi connectivity index (χ4v) is 2.69. The quantitative estimate of drug-likeness (QED) is 0.797. The summed E-state index contributed by atoms with van der Waals surface area (Å²) in [6.07, 6.45) is 3.41. The minimum atomic E-state index is 0.307. The highest BCUT2D eigenvalue weighted by molar-refractivity contribution is 5.06. The Balaban J connectivity index is 1.92. The average molecular weight is 249 g/mol. The molecule has 0 N–H and O–H groups in total. The van der Waals surface area contributed by atoms with Crippen LogP contribution in [0.25, 0.3) is 0 Å². The molecule has 0 spiro atoms. The summed E-state index contributed by atoms with van der Waals surface area (Å²) >= 11 is 0. The van der Waals surface area contributed by atoms with E-state index < -0.39 is 0 Å². The van der Waals surface area contributed by atoms with Crippen LogP contribution in [0.1, 0.15) is 32.9 Å². The molecular weight excluding hydrogens is 222 g/mol. The number of hydrogen-bond donors (Lipinski definition) is 0. The molecule has 0 saturated carbocycles. The lowest BCUT2D eigenvalue weighted by Gasteiger charge is -2.34. The van der Waals surface area contributed by atoms with E-state index in [0.717, 1.165) is 6.54 Å². The zero-order chi connectivity index (χ0) is 13.2. The molecule has 0 bridgehead atoms. The Hall–Kier alpha value is -0.800. The monoisotopic (exact) mass is 249 g/mol. The van der Waals surface area contributed by atoms with Crippen LogP contribution in [0.3, 0.4) is 0 Å². The molecule has 0 atom stereocenters. The summed E-state index contributed by atoms with van der Waals surface area (Å²) < 4.78 is 2.23. The van der Waals surface area contributed by atoms with Crippen molar-refractivity contribution in [2.24, 2.45) is 7.05 Å². The van der Waals surface area contributed by atoms with E-state index in [1.165, 1.54) is 38.3 Å². The summed E-state index contributed by atoms with van der Waals surface area (Å²) in [5.74, 6) is 0. The summed E-state index contributed by atoms with van der Waals surface area (Å²) in [5.41, 5.74) is 1.72. The molecule has 18 heavy (non-hydrogen) atoms. The largest absolute Gasteiger partial charge is 0.353 e. The van der Waals surface area contributed by atoms with Gasteiger partial charge in [-0.15, -0.1) is 0 Å². The van der Waals surface area contributed by atoms with Gasteiger partial charge in [0, 0.05) is 44.1 Å². The molecule has 102 valence electrons. The number of hydrogen-bond acceptors (Lipinski definition) is 2. The van der Waals surface area contributed by atoms with Crippen LogP contribution in [0.5, 0.6) is 0 Å². The van der Waals surface area contributed by atoms with Crippen molar-refractivity contribution in [2.75, 3.05) is 26.2 Å². The molecule has 0 amide bonds. The standard InChI is InChI=1S/C15H27N3/c1-15(2,3)18-10-6-9-17(11-12-18)13-14-7-5-8-16(14)4/h5,7-8H,6,9-13H2,1-4H3. The maximum atomic E-state index is 2.61. The minimum absolute atomic E-state index is 0.307. The minimum Gasteiger partial charge on any atom is -0.353 e.